The van der Waals surface area contributed by atoms with Crippen LogP contribution in [0, 0.1) is 0 Å². The second kappa shape index (κ2) is 5.27. The number of aromatic amines is 1. The Morgan fingerprint density at radius 3 is 2.89 bits per heavy atom. The van der Waals surface area contributed by atoms with E-state index in [1.54, 1.807) is 6.07 Å². The van der Waals surface area contributed by atoms with Crippen LogP contribution in [0.2, 0.25) is 0 Å². The Kier molecular flexibility index (Phi) is 3.52. The summed E-state index contributed by atoms with van der Waals surface area (Å²) < 4.78 is 5.06. The SMILES string of the molecule is Nc1ccc(C(=O)OCCc2ccc[nH]2)c(O)c1. The lowest BCUT2D eigenvalue weighted by atomic mass is 10.2. The Balaban J connectivity index is 1.91. The van der Waals surface area contributed by atoms with Gasteiger partial charge in [0.25, 0.3) is 0 Å². The highest BCUT2D eigenvalue weighted by molar-refractivity contribution is 5.92. The number of ether oxygens (including phenoxy) is 1. The van der Waals surface area contributed by atoms with Crippen molar-refractivity contribution in [1.82, 2.24) is 4.98 Å². The first-order valence-electron chi connectivity index (χ1n) is 5.54. The zero-order valence-electron chi connectivity index (χ0n) is 9.72. The molecule has 0 saturated heterocycles. The number of phenolic OH excluding ortho intramolecular Hbond substituents is 1. The number of nitrogens with two attached hydrogens (primary N) is 1. The molecule has 2 rings (SSSR count). The monoisotopic (exact) mass is 246 g/mol. The fourth-order valence-corrected chi connectivity index (χ4v) is 1.58. The molecule has 0 amide bonds. The second-order valence-electron chi connectivity index (χ2n) is 3.86. The molecule has 18 heavy (non-hydrogen) atoms. The standard InChI is InChI=1S/C13H14N2O3/c14-9-3-4-11(12(16)8-9)13(17)18-7-5-10-2-1-6-15-10/h1-4,6,8,15-16H,5,7,14H2. The van der Waals surface area contributed by atoms with E-state index in [1.165, 1.54) is 12.1 Å². The molecule has 5 heteroatoms. The molecule has 1 aromatic carbocycles. The fraction of sp³-hybridized carbons (Fsp3) is 0.154. The molecular weight excluding hydrogens is 232 g/mol. The third-order valence-electron chi connectivity index (χ3n) is 2.51. The van der Waals surface area contributed by atoms with Gasteiger partial charge in [0.05, 0.1) is 6.61 Å². The number of esters is 1. The maximum Gasteiger partial charge on any atom is 0.341 e. The molecule has 0 saturated carbocycles. The van der Waals surface area contributed by atoms with E-state index < -0.39 is 5.97 Å². The van der Waals surface area contributed by atoms with Crippen molar-refractivity contribution in [3.8, 4) is 5.75 Å². The van der Waals surface area contributed by atoms with Crippen molar-refractivity contribution in [2.45, 2.75) is 6.42 Å². The number of aromatic hydroxyl groups is 1. The smallest absolute Gasteiger partial charge is 0.341 e. The summed E-state index contributed by atoms with van der Waals surface area (Å²) in [4.78, 5) is 14.7. The lowest BCUT2D eigenvalue weighted by Crippen LogP contribution is -2.08. The second-order valence-corrected chi connectivity index (χ2v) is 3.86. The van der Waals surface area contributed by atoms with Crippen LogP contribution in [0.25, 0.3) is 0 Å². The molecule has 1 heterocycles. The van der Waals surface area contributed by atoms with Crippen molar-refractivity contribution in [2.75, 3.05) is 12.3 Å². The van der Waals surface area contributed by atoms with Gasteiger partial charge in [-0.25, -0.2) is 4.79 Å². The first-order valence-corrected chi connectivity index (χ1v) is 5.54. The van der Waals surface area contributed by atoms with Gasteiger partial charge in [-0.05, 0) is 24.3 Å². The number of anilines is 1. The highest BCUT2D eigenvalue weighted by Crippen LogP contribution is 2.20. The van der Waals surface area contributed by atoms with Crippen LogP contribution in [0.4, 0.5) is 5.69 Å². The molecule has 0 aliphatic rings. The third kappa shape index (κ3) is 2.82. The molecular formula is C13H14N2O3. The number of hydrogen-bond acceptors (Lipinski definition) is 4. The molecule has 0 radical (unpaired) electrons. The summed E-state index contributed by atoms with van der Waals surface area (Å²) in [5.41, 5.74) is 6.99. The van der Waals surface area contributed by atoms with Crippen LogP contribution in [0.15, 0.2) is 36.5 Å². The van der Waals surface area contributed by atoms with Gasteiger partial charge in [0.15, 0.2) is 0 Å². The van der Waals surface area contributed by atoms with Crippen LogP contribution in [0.1, 0.15) is 16.1 Å². The van der Waals surface area contributed by atoms with Gasteiger partial charge < -0.3 is 20.6 Å². The van der Waals surface area contributed by atoms with Gasteiger partial charge in [0, 0.05) is 30.1 Å². The zero-order valence-corrected chi connectivity index (χ0v) is 9.72. The van der Waals surface area contributed by atoms with E-state index in [2.05, 4.69) is 4.98 Å². The molecule has 0 atom stereocenters. The lowest BCUT2D eigenvalue weighted by Gasteiger charge is -2.06. The molecule has 4 N–H and O–H groups in total. The van der Waals surface area contributed by atoms with Crippen LogP contribution in [-0.2, 0) is 11.2 Å². The van der Waals surface area contributed by atoms with Gasteiger partial charge in [-0.15, -0.1) is 0 Å². The summed E-state index contributed by atoms with van der Waals surface area (Å²) in [7, 11) is 0. The fourth-order valence-electron chi connectivity index (χ4n) is 1.58. The summed E-state index contributed by atoms with van der Waals surface area (Å²) in [6.07, 6.45) is 2.41. The Bertz CT molecular complexity index is 535. The number of benzene rings is 1. The molecule has 0 bridgehead atoms. The van der Waals surface area contributed by atoms with Crippen molar-refractivity contribution in [3.05, 3.63) is 47.8 Å². The Labute approximate surface area is 104 Å². The Hall–Kier alpha value is -2.43. The number of rotatable bonds is 4. The third-order valence-corrected chi connectivity index (χ3v) is 2.51. The average Bonchev–Trinajstić information content (AvgIpc) is 2.81. The number of H-pyrrole nitrogens is 1. The van der Waals surface area contributed by atoms with Crippen LogP contribution in [-0.4, -0.2) is 22.7 Å². The first-order chi connectivity index (χ1) is 8.66. The van der Waals surface area contributed by atoms with E-state index >= 15 is 0 Å². The molecule has 0 unspecified atom stereocenters. The van der Waals surface area contributed by atoms with E-state index in [0.29, 0.717) is 12.1 Å². The highest BCUT2D eigenvalue weighted by atomic mass is 16.5. The van der Waals surface area contributed by atoms with Crippen LogP contribution in [0.3, 0.4) is 0 Å². The summed E-state index contributed by atoms with van der Waals surface area (Å²) in [6, 6.07) is 8.10. The number of phenols is 1. The van der Waals surface area contributed by atoms with Crippen molar-refractivity contribution in [3.63, 3.8) is 0 Å². The maximum atomic E-state index is 11.7. The van der Waals surface area contributed by atoms with E-state index in [0.717, 1.165) is 5.69 Å². The Morgan fingerprint density at radius 2 is 2.22 bits per heavy atom. The van der Waals surface area contributed by atoms with Crippen molar-refractivity contribution < 1.29 is 14.6 Å². The zero-order chi connectivity index (χ0) is 13.0. The van der Waals surface area contributed by atoms with Crippen LogP contribution >= 0.6 is 0 Å². The maximum absolute atomic E-state index is 11.7. The van der Waals surface area contributed by atoms with Gasteiger partial charge in [-0.3, -0.25) is 0 Å². The number of nitrogen functional groups attached to an aromatic ring is 1. The van der Waals surface area contributed by atoms with E-state index in [-0.39, 0.29) is 17.9 Å². The quantitative estimate of drug-likeness (QED) is 0.566. The van der Waals surface area contributed by atoms with Crippen LogP contribution in [0.5, 0.6) is 5.75 Å². The number of carbonyl (C=O) groups is 1. The first kappa shape index (κ1) is 12.0. The molecule has 94 valence electrons. The van der Waals surface area contributed by atoms with Crippen molar-refractivity contribution >= 4 is 11.7 Å². The molecule has 0 aliphatic carbocycles. The Morgan fingerprint density at radius 1 is 1.39 bits per heavy atom. The van der Waals surface area contributed by atoms with Gasteiger partial charge in [0.2, 0.25) is 0 Å². The predicted octanol–water partition coefficient (Wildman–Crippen LogP) is 1.70. The molecule has 5 nitrogen and oxygen atoms in total. The average molecular weight is 246 g/mol. The summed E-state index contributed by atoms with van der Waals surface area (Å²) in [5.74, 6) is -0.723. The minimum atomic E-state index is -0.556. The van der Waals surface area contributed by atoms with Crippen molar-refractivity contribution in [2.24, 2.45) is 0 Å². The van der Waals surface area contributed by atoms with E-state index in [4.69, 9.17) is 10.5 Å². The van der Waals surface area contributed by atoms with E-state index in [9.17, 15) is 9.90 Å². The van der Waals surface area contributed by atoms with E-state index in [1.807, 2.05) is 18.3 Å². The van der Waals surface area contributed by atoms with Gasteiger partial charge in [-0.2, -0.15) is 0 Å². The summed E-state index contributed by atoms with van der Waals surface area (Å²) >= 11 is 0. The number of hydrogen-bond donors (Lipinski definition) is 3. The topological polar surface area (TPSA) is 88.3 Å². The molecule has 0 fully saturated rings. The van der Waals surface area contributed by atoms with Crippen molar-refractivity contribution in [1.29, 1.82) is 0 Å². The minimum Gasteiger partial charge on any atom is -0.507 e. The van der Waals surface area contributed by atoms with Gasteiger partial charge in [0.1, 0.15) is 11.3 Å². The summed E-state index contributed by atoms with van der Waals surface area (Å²) in [5, 5.41) is 9.56. The largest absolute Gasteiger partial charge is 0.507 e. The molecule has 0 spiro atoms. The number of carbonyl (C=O) groups excluding carboxylic acids is 1. The predicted molar refractivity (Wildman–Crippen MR) is 67.3 cm³/mol. The number of aromatic nitrogens is 1. The normalized spacial score (nSPS) is 10.2. The number of nitrogens with one attached hydrogen (secondary N) is 1. The molecule has 1 aromatic heterocycles. The lowest BCUT2D eigenvalue weighted by molar-refractivity contribution is 0.0505. The minimum absolute atomic E-state index is 0.121. The highest BCUT2D eigenvalue weighted by Gasteiger charge is 2.12. The van der Waals surface area contributed by atoms with Gasteiger partial charge in [-0.1, -0.05) is 0 Å². The summed E-state index contributed by atoms with van der Waals surface area (Å²) in [6.45, 7) is 0.253. The molecule has 2 aromatic rings. The van der Waals surface area contributed by atoms with Crippen LogP contribution < -0.4 is 5.73 Å². The molecule has 0 aliphatic heterocycles. The van der Waals surface area contributed by atoms with Gasteiger partial charge >= 0.3 is 5.97 Å².